The Hall–Kier alpha value is -5.60. The molecule has 2 heterocycles. The van der Waals surface area contributed by atoms with Crippen molar-refractivity contribution in [3.63, 3.8) is 0 Å². The van der Waals surface area contributed by atoms with Gasteiger partial charge in [0, 0.05) is 27.6 Å². The Kier molecular flexibility index (Phi) is 6.07. The second kappa shape index (κ2) is 10.2. The quantitative estimate of drug-likeness (QED) is 0.182. The molecular formula is C49H42N2. The molecule has 0 bridgehead atoms. The number of nitrogens with zero attached hydrogens (tertiary/aromatic N) is 2. The largest absolute Gasteiger partial charge is 0.310 e. The summed E-state index contributed by atoms with van der Waals surface area (Å²) in [4.78, 5) is 4.96. The van der Waals surface area contributed by atoms with Crippen molar-refractivity contribution in [2.45, 2.75) is 57.8 Å². The van der Waals surface area contributed by atoms with E-state index in [1.165, 1.54) is 89.4 Å². The lowest BCUT2D eigenvalue weighted by atomic mass is 9.71. The standard InChI is InChI=1S/C49H42N2/c1-47(2)37-16-8-7-15-35(37)36-29-46-42(30-41(36)47)49(5,6)40-19-11-14-22-45(40)51(46)34-26-24-31-27-33(25-23-32(31)28-34)50-43-20-12-9-17-38(43)48(3,4)39-18-10-13-21-44(39)50/h7-30H,1-6H3. The maximum absolute atomic E-state index is 2.52. The molecule has 0 atom stereocenters. The first-order valence-electron chi connectivity index (χ1n) is 18.3. The molecule has 1 aliphatic carbocycles. The molecule has 2 aliphatic heterocycles. The van der Waals surface area contributed by atoms with Crippen molar-refractivity contribution in [2.75, 3.05) is 9.80 Å². The van der Waals surface area contributed by atoms with Crippen LogP contribution in [-0.4, -0.2) is 0 Å². The molecule has 51 heavy (non-hydrogen) atoms. The lowest BCUT2D eigenvalue weighted by molar-refractivity contribution is 0.620. The third kappa shape index (κ3) is 4.05. The highest BCUT2D eigenvalue weighted by Crippen LogP contribution is 2.58. The van der Waals surface area contributed by atoms with Gasteiger partial charge in [-0.05, 0) is 104 Å². The molecule has 0 spiro atoms. The number of benzene rings is 7. The molecule has 3 aliphatic rings. The van der Waals surface area contributed by atoms with Gasteiger partial charge in [0.25, 0.3) is 0 Å². The molecule has 10 rings (SSSR count). The number of hydrogen-bond acceptors (Lipinski definition) is 2. The summed E-state index contributed by atoms with van der Waals surface area (Å²) in [5.41, 5.74) is 18.1. The van der Waals surface area contributed by atoms with Crippen molar-refractivity contribution in [1.82, 2.24) is 0 Å². The van der Waals surface area contributed by atoms with Gasteiger partial charge in [0.05, 0.1) is 22.7 Å². The second-order valence-corrected chi connectivity index (χ2v) is 16.3. The van der Waals surface area contributed by atoms with Crippen molar-refractivity contribution in [1.29, 1.82) is 0 Å². The topological polar surface area (TPSA) is 6.48 Å². The van der Waals surface area contributed by atoms with Gasteiger partial charge < -0.3 is 9.80 Å². The van der Waals surface area contributed by atoms with Gasteiger partial charge in [0.1, 0.15) is 0 Å². The van der Waals surface area contributed by atoms with Gasteiger partial charge >= 0.3 is 0 Å². The van der Waals surface area contributed by atoms with E-state index < -0.39 is 0 Å². The first-order chi connectivity index (χ1) is 24.6. The van der Waals surface area contributed by atoms with Crippen LogP contribution in [0.3, 0.4) is 0 Å². The zero-order valence-corrected chi connectivity index (χ0v) is 30.3. The van der Waals surface area contributed by atoms with E-state index in [2.05, 4.69) is 197 Å². The van der Waals surface area contributed by atoms with E-state index in [9.17, 15) is 0 Å². The highest BCUT2D eigenvalue weighted by molar-refractivity contribution is 5.97. The lowest BCUT2D eigenvalue weighted by Crippen LogP contribution is -2.31. The molecule has 7 aromatic rings. The van der Waals surface area contributed by atoms with E-state index in [-0.39, 0.29) is 16.2 Å². The van der Waals surface area contributed by atoms with Crippen LogP contribution in [0.15, 0.2) is 146 Å². The number of para-hydroxylation sites is 3. The van der Waals surface area contributed by atoms with Crippen LogP contribution in [0, 0.1) is 0 Å². The van der Waals surface area contributed by atoms with Crippen LogP contribution in [-0.2, 0) is 16.2 Å². The lowest BCUT2D eigenvalue weighted by Gasteiger charge is -2.43. The second-order valence-electron chi connectivity index (χ2n) is 16.3. The fourth-order valence-corrected chi connectivity index (χ4v) is 9.62. The fourth-order valence-electron chi connectivity index (χ4n) is 9.62. The Morgan fingerprint density at radius 3 is 1.25 bits per heavy atom. The van der Waals surface area contributed by atoms with E-state index >= 15 is 0 Å². The molecule has 0 saturated carbocycles. The maximum atomic E-state index is 2.52. The normalized spacial score (nSPS) is 16.8. The monoisotopic (exact) mass is 658 g/mol. The maximum Gasteiger partial charge on any atom is 0.0509 e. The third-order valence-electron chi connectivity index (χ3n) is 12.4. The first kappa shape index (κ1) is 30.2. The molecular weight excluding hydrogens is 617 g/mol. The molecule has 0 amide bonds. The van der Waals surface area contributed by atoms with Crippen LogP contribution in [0.1, 0.15) is 74.9 Å². The van der Waals surface area contributed by atoms with Crippen LogP contribution >= 0.6 is 0 Å². The Labute approximate surface area is 301 Å². The van der Waals surface area contributed by atoms with Crippen LogP contribution in [0.4, 0.5) is 34.1 Å². The molecule has 7 aromatic carbocycles. The van der Waals surface area contributed by atoms with E-state index in [0.29, 0.717) is 0 Å². The minimum absolute atomic E-state index is 0.0510. The van der Waals surface area contributed by atoms with Crippen LogP contribution < -0.4 is 9.80 Å². The van der Waals surface area contributed by atoms with Crippen LogP contribution in [0.25, 0.3) is 21.9 Å². The van der Waals surface area contributed by atoms with E-state index in [1.54, 1.807) is 0 Å². The minimum atomic E-state index is -0.149. The predicted octanol–water partition coefficient (Wildman–Crippen LogP) is 13.4. The zero-order chi connectivity index (χ0) is 34.9. The molecule has 2 nitrogen and oxygen atoms in total. The first-order valence-corrected chi connectivity index (χ1v) is 18.3. The van der Waals surface area contributed by atoms with E-state index in [0.717, 1.165) is 0 Å². The van der Waals surface area contributed by atoms with Gasteiger partial charge in [-0.15, -0.1) is 0 Å². The van der Waals surface area contributed by atoms with Crippen molar-refractivity contribution >= 4 is 44.9 Å². The molecule has 248 valence electrons. The number of hydrogen-bond donors (Lipinski definition) is 0. The van der Waals surface area contributed by atoms with Crippen molar-refractivity contribution in [2.24, 2.45) is 0 Å². The average Bonchev–Trinajstić information content (AvgIpc) is 3.37. The van der Waals surface area contributed by atoms with Gasteiger partial charge in [-0.3, -0.25) is 0 Å². The molecule has 0 unspecified atom stereocenters. The van der Waals surface area contributed by atoms with Crippen molar-refractivity contribution in [3.8, 4) is 11.1 Å². The van der Waals surface area contributed by atoms with Crippen LogP contribution in [0.2, 0.25) is 0 Å². The summed E-state index contributed by atoms with van der Waals surface area (Å²) in [6, 6.07) is 54.7. The smallest absolute Gasteiger partial charge is 0.0509 e. The molecule has 0 radical (unpaired) electrons. The van der Waals surface area contributed by atoms with Crippen molar-refractivity contribution < 1.29 is 0 Å². The van der Waals surface area contributed by atoms with Gasteiger partial charge in [0.15, 0.2) is 0 Å². The summed E-state index contributed by atoms with van der Waals surface area (Å²) in [6.45, 7) is 14.2. The Morgan fingerprint density at radius 2 is 0.725 bits per heavy atom. The van der Waals surface area contributed by atoms with Gasteiger partial charge in [0.2, 0.25) is 0 Å². The number of fused-ring (bicyclic) bond motifs is 8. The molecule has 2 heteroatoms. The van der Waals surface area contributed by atoms with E-state index in [1.807, 2.05) is 0 Å². The van der Waals surface area contributed by atoms with Crippen molar-refractivity contribution in [3.05, 3.63) is 179 Å². The zero-order valence-electron chi connectivity index (χ0n) is 30.3. The highest BCUT2D eigenvalue weighted by atomic mass is 15.2. The van der Waals surface area contributed by atoms with Crippen LogP contribution in [0.5, 0.6) is 0 Å². The predicted molar refractivity (Wildman–Crippen MR) is 215 cm³/mol. The molecule has 0 fully saturated rings. The minimum Gasteiger partial charge on any atom is -0.310 e. The number of rotatable bonds is 2. The Morgan fingerprint density at radius 1 is 0.314 bits per heavy atom. The van der Waals surface area contributed by atoms with Gasteiger partial charge in [-0.1, -0.05) is 139 Å². The summed E-state index contributed by atoms with van der Waals surface area (Å²) >= 11 is 0. The fraction of sp³-hybridized carbons (Fsp3) is 0.184. The van der Waals surface area contributed by atoms with Gasteiger partial charge in [-0.2, -0.15) is 0 Å². The highest BCUT2D eigenvalue weighted by Gasteiger charge is 2.42. The number of anilines is 6. The SMILES string of the molecule is CC1(C)c2ccccc2-c2cc3c(cc21)C(C)(C)c1ccccc1N3c1ccc2cc(N3c4ccccc4C(C)(C)c4ccccc43)ccc2c1. The molecule has 0 aromatic heterocycles. The summed E-state index contributed by atoms with van der Waals surface area (Å²) in [5, 5.41) is 2.46. The average molecular weight is 659 g/mol. The third-order valence-corrected chi connectivity index (χ3v) is 12.4. The Balaban J connectivity index is 1.14. The van der Waals surface area contributed by atoms with Gasteiger partial charge in [-0.25, -0.2) is 0 Å². The molecule has 0 N–H and O–H groups in total. The summed E-state index contributed by atoms with van der Waals surface area (Å²) in [5.74, 6) is 0. The summed E-state index contributed by atoms with van der Waals surface area (Å²) < 4.78 is 0. The molecule has 0 saturated heterocycles. The summed E-state index contributed by atoms with van der Waals surface area (Å²) in [7, 11) is 0. The Bertz CT molecular complexity index is 2540. The summed E-state index contributed by atoms with van der Waals surface area (Å²) in [6.07, 6.45) is 0. The van der Waals surface area contributed by atoms with E-state index in [4.69, 9.17) is 0 Å².